The summed E-state index contributed by atoms with van der Waals surface area (Å²) in [5.74, 6) is -2.68. The van der Waals surface area contributed by atoms with Gasteiger partial charge < -0.3 is 5.32 Å². The van der Waals surface area contributed by atoms with Crippen molar-refractivity contribution in [3.8, 4) is 0 Å². The van der Waals surface area contributed by atoms with Crippen LogP contribution in [-0.4, -0.2) is 27.4 Å². The lowest BCUT2D eigenvalue weighted by molar-refractivity contribution is -0.119. The maximum atomic E-state index is 13.5. The highest BCUT2D eigenvalue weighted by atomic mass is 79.9. The van der Waals surface area contributed by atoms with Crippen molar-refractivity contribution in [2.45, 2.75) is 18.2 Å². The van der Waals surface area contributed by atoms with Crippen LogP contribution in [0.25, 0.3) is 0 Å². The number of nitrogens with one attached hydrogen (secondary N) is 2. The van der Waals surface area contributed by atoms with Crippen molar-refractivity contribution in [1.82, 2.24) is 10.0 Å². The average Bonchev–Trinajstić information content (AvgIpc) is 2.32. The molecule has 1 aromatic rings. The first kappa shape index (κ1) is 17.0. The number of carbonyl (C=O) groups excluding carboxylic acids is 1. The van der Waals surface area contributed by atoms with E-state index in [9.17, 15) is 22.0 Å². The van der Waals surface area contributed by atoms with Gasteiger partial charge in [0.15, 0.2) is 0 Å². The molecule has 0 fully saturated rings. The van der Waals surface area contributed by atoms with E-state index in [0.717, 1.165) is 6.07 Å². The molecule has 0 aliphatic carbocycles. The van der Waals surface area contributed by atoms with Gasteiger partial charge in [-0.3, -0.25) is 4.79 Å². The maximum Gasteiger partial charge on any atom is 0.245 e. The van der Waals surface area contributed by atoms with E-state index in [1.54, 1.807) is 0 Å². The van der Waals surface area contributed by atoms with E-state index < -0.39 is 39.0 Å². The fourth-order valence-electron chi connectivity index (χ4n) is 1.35. The molecule has 20 heavy (non-hydrogen) atoms. The van der Waals surface area contributed by atoms with Crippen molar-refractivity contribution in [3.63, 3.8) is 0 Å². The summed E-state index contributed by atoms with van der Waals surface area (Å²) in [4.78, 5) is 10.6. The van der Waals surface area contributed by atoms with Crippen LogP contribution < -0.4 is 10.0 Å². The Hall–Kier alpha value is -1.06. The molecule has 0 spiro atoms. The molecule has 0 aromatic heterocycles. The van der Waals surface area contributed by atoms with E-state index in [1.165, 1.54) is 0 Å². The molecular weight excluding hydrogens is 358 g/mol. The Bertz CT molecular complexity index is 585. The molecule has 0 radical (unpaired) electrons. The first-order chi connectivity index (χ1) is 9.27. The molecule has 1 aromatic carbocycles. The van der Waals surface area contributed by atoms with Crippen LogP contribution in [0.1, 0.15) is 13.3 Å². The molecule has 0 unspecified atom stereocenters. The van der Waals surface area contributed by atoms with Crippen molar-refractivity contribution in [1.29, 1.82) is 0 Å². The van der Waals surface area contributed by atoms with Crippen LogP contribution in [0.3, 0.4) is 0 Å². The van der Waals surface area contributed by atoms with Gasteiger partial charge in [-0.2, -0.15) is 0 Å². The molecule has 9 heteroatoms. The zero-order valence-electron chi connectivity index (χ0n) is 10.5. The number of hydrogen-bond acceptors (Lipinski definition) is 3. The summed E-state index contributed by atoms with van der Waals surface area (Å²) >= 11 is 2.78. The molecular formula is C11H13BrF2N2O3S. The Morgan fingerprint density at radius 1 is 1.35 bits per heavy atom. The minimum absolute atomic E-state index is 0.253. The highest BCUT2D eigenvalue weighted by Crippen LogP contribution is 2.25. The van der Waals surface area contributed by atoms with Crippen molar-refractivity contribution >= 4 is 31.9 Å². The number of amides is 1. The van der Waals surface area contributed by atoms with Gasteiger partial charge in [-0.15, -0.1) is 0 Å². The predicted octanol–water partition coefficient (Wildman–Crippen LogP) is 1.53. The summed E-state index contributed by atoms with van der Waals surface area (Å²) in [7, 11) is -4.26. The SMILES string of the molecule is CCCNC(=O)CNS(=O)(=O)c1c(F)cc(F)cc1Br. The second kappa shape index (κ2) is 7.09. The topological polar surface area (TPSA) is 75.3 Å². The summed E-state index contributed by atoms with van der Waals surface area (Å²) in [5.41, 5.74) is 0. The van der Waals surface area contributed by atoms with E-state index in [0.29, 0.717) is 19.0 Å². The zero-order valence-corrected chi connectivity index (χ0v) is 12.9. The van der Waals surface area contributed by atoms with Crippen LogP contribution >= 0.6 is 15.9 Å². The van der Waals surface area contributed by atoms with Crippen molar-refractivity contribution < 1.29 is 22.0 Å². The van der Waals surface area contributed by atoms with Gasteiger partial charge >= 0.3 is 0 Å². The lowest BCUT2D eigenvalue weighted by atomic mass is 10.3. The fourth-order valence-corrected chi connectivity index (χ4v) is 3.49. The lowest BCUT2D eigenvalue weighted by Crippen LogP contribution is -2.37. The fraction of sp³-hybridized carbons (Fsp3) is 0.364. The molecule has 0 aliphatic rings. The summed E-state index contributed by atoms with van der Waals surface area (Å²) in [5, 5.41) is 2.46. The molecule has 5 nitrogen and oxygen atoms in total. The molecule has 1 rings (SSSR count). The van der Waals surface area contributed by atoms with Gasteiger partial charge in [-0.1, -0.05) is 6.92 Å². The van der Waals surface area contributed by atoms with E-state index >= 15 is 0 Å². The van der Waals surface area contributed by atoms with Crippen molar-refractivity contribution in [2.75, 3.05) is 13.1 Å². The number of hydrogen-bond donors (Lipinski definition) is 2. The molecule has 1 amide bonds. The molecule has 0 atom stereocenters. The minimum atomic E-state index is -4.26. The largest absolute Gasteiger partial charge is 0.355 e. The number of halogens is 3. The Kier molecular flexibility index (Phi) is 6.03. The number of sulfonamides is 1. The minimum Gasteiger partial charge on any atom is -0.355 e. The normalized spacial score (nSPS) is 11.4. The van der Waals surface area contributed by atoms with Gasteiger partial charge in [0.2, 0.25) is 15.9 Å². The van der Waals surface area contributed by atoms with Gasteiger partial charge in [0.1, 0.15) is 16.5 Å². The Morgan fingerprint density at radius 3 is 2.55 bits per heavy atom. The van der Waals surface area contributed by atoms with Crippen LogP contribution in [0.4, 0.5) is 8.78 Å². The van der Waals surface area contributed by atoms with E-state index in [1.807, 2.05) is 11.6 Å². The van der Waals surface area contributed by atoms with Gasteiger partial charge in [0, 0.05) is 17.1 Å². The van der Waals surface area contributed by atoms with Crippen molar-refractivity contribution in [2.24, 2.45) is 0 Å². The molecule has 0 bridgehead atoms. The first-order valence-electron chi connectivity index (χ1n) is 5.69. The van der Waals surface area contributed by atoms with E-state index in [4.69, 9.17) is 0 Å². The average molecular weight is 371 g/mol. The van der Waals surface area contributed by atoms with Crippen LogP contribution in [-0.2, 0) is 14.8 Å². The number of rotatable bonds is 6. The highest BCUT2D eigenvalue weighted by molar-refractivity contribution is 9.10. The summed E-state index contributed by atoms with van der Waals surface area (Å²) in [6, 6.07) is 1.28. The number of benzene rings is 1. The maximum absolute atomic E-state index is 13.5. The molecule has 0 saturated heterocycles. The third-order valence-corrected chi connectivity index (χ3v) is 4.59. The second-order valence-electron chi connectivity index (χ2n) is 3.87. The van der Waals surface area contributed by atoms with Crippen LogP contribution in [0.2, 0.25) is 0 Å². The predicted molar refractivity (Wildman–Crippen MR) is 72.5 cm³/mol. The van der Waals surface area contributed by atoms with Gasteiger partial charge in [-0.25, -0.2) is 21.9 Å². The summed E-state index contributed by atoms with van der Waals surface area (Å²) in [6.45, 7) is 1.73. The van der Waals surface area contributed by atoms with Crippen LogP contribution in [0, 0.1) is 11.6 Å². The third-order valence-electron chi connectivity index (χ3n) is 2.23. The molecule has 0 aliphatic heterocycles. The van der Waals surface area contributed by atoms with E-state index in [2.05, 4.69) is 21.2 Å². The Morgan fingerprint density at radius 2 is 2.00 bits per heavy atom. The Balaban J connectivity index is 2.87. The second-order valence-corrected chi connectivity index (χ2v) is 6.43. The molecule has 112 valence electrons. The van der Waals surface area contributed by atoms with Gasteiger partial charge in [0.05, 0.1) is 6.54 Å². The lowest BCUT2D eigenvalue weighted by Gasteiger charge is -2.09. The summed E-state index contributed by atoms with van der Waals surface area (Å²) in [6.07, 6.45) is 0.705. The standard InChI is InChI=1S/C11H13BrF2N2O3S/c1-2-3-15-10(17)6-16-20(18,19)11-8(12)4-7(13)5-9(11)14/h4-5,16H,2-3,6H2,1H3,(H,15,17). The first-order valence-corrected chi connectivity index (χ1v) is 7.96. The van der Waals surface area contributed by atoms with Crippen molar-refractivity contribution in [3.05, 3.63) is 28.2 Å². The van der Waals surface area contributed by atoms with Crippen LogP contribution in [0.5, 0.6) is 0 Å². The molecule has 2 N–H and O–H groups in total. The number of carbonyl (C=O) groups is 1. The summed E-state index contributed by atoms with van der Waals surface area (Å²) < 4.78 is 51.9. The van der Waals surface area contributed by atoms with Crippen LogP contribution in [0.15, 0.2) is 21.5 Å². The highest BCUT2D eigenvalue weighted by Gasteiger charge is 2.24. The van der Waals surface area contributed by atoms with E-state index in [-0.39, 0.29) is 4.47 Å². The smallest absolute Gasteiger partial charge is 0.245 e. The molecule has 0 saturated carbocycles. The zero-order chi connectivity index (χ0) is 15.3. The third kappa shape index (κ3) is 4.50. The quantitative estimate of drug-likeness (QED) is 0.797. The van der Waals surface area contributed by atoms with Gasteiger partial charge in [-0.05, 0) is 28.4 Å². The Labute approximate surface area is 123 Å². The monoisotopic (exact) mass is 370 g/mol. The van der Waals surface area contributed by atoms with Gasteiger partial charge in [0.25, 0.3) is 0 Å². The molecule has 0 heterocycles.